The van der Waals surface area contributed by atoms with E-state index < -0.39 is 46.9 Å². The van der Waals surface area contributed by atoms with E-state index in [1.165, 1.54) is 34.1 Å². The first kappa shape index (κ1) is 21.2. The summed E-state index contributed by atoms with van der Waals surface area (Å²) >= 11 is 2.64. The zero-order valence-corrected chi connectivity index (χ0v) is 17.6. The molecule has 2 aliphatic heterocycles. The van der Waals surface area contributed by atoms with E-state index in [-0.39, 0.29) is 5.70 Å². The number of carbonyl (C=O) groups is 4. The zero-order valence-electron chi connectivity index (χ0n) is 16.0. The van der Waals surface area contributed by atoms with Crippen molar-refractivity contribution in [2.24, 2.45) is 0 Å². The number of thiophene rings is 1. The number of β-lactam (4-membered cyclic amide) rings is 1. The Morgan fingerprint density at radius 2 is 2.07 bits per heavy atom. The molecule has 3 amide bonds. The molecule has 1 aromatic heterocycles. The lowest BCUT2D eigenvalue weighted by Gasteiger charge is -2.48. The van der Waals surface area contributed by atoms with Crippen molar-refractivity contribution in [3.8, 4) is 0 Å². The second-order valence-electron chi connectivity index (χ2n) is 7.41. The monoisotopic (exact) mass is 439 g/mol. The number of ether oxygens (including phenoxy) is 1. The number of carboxylic acid groups (broad SMARTS) is 1. The van der Waals surface area contributed by atoms with Crippen molar-refractivity contribution >= 4 is 47.0 Å². The summed E-state index contributed by atoms with van der Waals surface area (Å²) in [5.41, 5.74) is -0.811. The molecule has 0 bridgehead atoms. The molecule has 11 heteroatoms. The Kier molecular flexibility index (Phi) is 5.90. The SMILES string of the molecule is CC(C)(C)OC(=O)NC(C(=O)N[C@@H]1C(=O)N2C(C(=O)O)=CCS[C@@H]12)c1cccs1. The lowest BCUT2D eigenvalue weighted by atomic mass is 10.0. The van der Waals surface area contributed by atoms with Crippen molar-refractivity contribution in [2.75, 3.05) is 5.75 Å². The molecule has 1 aromatic rings. The number of carboxylic acids is 1. The van der Waals surface area contributed by atoms with Gasteiger partial charge in [-0.25, -0.2) is 9.59 Å². The Bertz CT molecular complexity index is 861. The van der Waals surface area contributed by atoms with Gasteiger partial charge in [-0.05, 0) is 38.3 Å². The van der Waals surface area contributed by atoms with Gasteiger partial charge in [-0.3, -0.25) is 14.5 Å². The molecule has 3 heterocycles. The summed E-state index contributed by atoms with van der Waals surface area (Å²) in [5, 5.41) is 15.7. The van der Waals surface area contributed by atoms with E-state index in [2.05, 4.69) is 10.6 Å². The Morgan fingerprint density at radius 3 is 2.66 bits per heavy atom. The second kappa shape index (κ2) is 8.07. The minimum absolute atomic E-state index is 0.0778. The molecule has 0 spiro atoms. The van der Waals surface area contributed by atoms with Crippen LogP contribution in [0, 0.1) is 0 Å². The molecule has 3 atom stereocenters. The molecule has 2 aliphatic rings. The summed E-state index contributed by atoms with van der Waals surface area (Å²) in [6, 6.07) is 1.55. The number of hydrogen-bond donors (Lipinski definition) is 3. The Morgan fingerprint density at radius 1 is 1.34 bits per heavy atom. The van der Waals surface area contributed by atoms with Crippen LogP contribution >= 0.6 is 23.1 Å². The van der Waals surface area contributed by atoms with Gasteiger partial charge in [-0.1, -0.05) is 6.07 Å². The highest BCUT2D eigenvalue weighted by Gasteiger charge is 2.53. The summed E-state index contributed by atoms with van der Waals surface area (Å²) in [4.78, 5) is 50.6. The van der Waals surface area contributed by atoms with Crippen molar-refractivity contribution in [1.29, 1.82) is 0 Å². The van der Waals surface area contributed by atoms with Crippen LogP contribution in [0.3, 0.4) is 0 Å². The van der Waals surface area contributed by atoms with Crippen LogP contribution in [0.5, 0.6) is 0 Å². The normalized spacial score (nSPS) is 22.0. The zero-order chi connectivity index (χ0) is 21.3. The molecule has 3 N–H and O–H groups in total. The van der Waals surface area contributed by atoms with Crippen molar-refractivity contribution in [3.63, 3.8) is 0 Å². The maximum atomic E-state index is 12.9. The van der Waals surface area contributed by atoms with Gasteiger partial charge in [-0.2, -0.15) is 0 Å². The molecule has 29 heavy (non-hydrogen) atoms. The van der Waals surface area contributed by atoms with E-state index in [0.717, 1.165) is 0 Å². The summed E-state index contributed by atoms with van der Waals surface area (Å²) in [6.45, 7) is 5.13. The van der Waals surface area contributed by atoms with Crippen LogP contribution in [0.15, 0.2) is 29.3 Å². The van der Waals surface area contributed by atoms with Crippen LogP contribution in [0.25, 0.3) is 0 Å². The van der Waals surface area contributed by atoms with E-state index in [1.54, 1.807) is 38.3 Å². The molecule has 9 nitrogen and oxygen atoms in total. The fraction of sp³-hybridized carbons (Fsp3) is 0.444. The number of fused-ring (bicyclic) bond motifs is 1. The van der Waals surface area contributed by atoms with Crippen molar-refractivity contribution in [1.82, 2.24) is 15.5 Å². The minimum atomic E-state index is -1.18. The van der Waals surface area contributed by atoms with E-state index in [9.17, 15) is 24.3 Å². The topological polar surface area (TPSA) is 125 Å². The molecule has 0 radical (unpaired) electrons. The van der Waals surface area contributed by atoms with Crippen molar-refractivity contribution in [3.05, 3.63) is 34.2 Å². The highest BCUT2D eigenvalue weighted by atomic mass is 32.2. The molecule has 0 aromatic carbocycles. The first-order chi connectivity index (χ1) is 13.6. The van der Waals surface area contributed by atoms with Gasteiger partial charge in [0.15, 0.2) is 0 Å². The summed E-state index contributed by atoms with van der Waals surface area (Å²) < 4.78 is 5.23. The van der Waals surface area contributed by atoms with Crippen molar-refractivity contribution in [2.45, 2.75) is 43.8 Å². The average Bonchev–Trinajstić information content (AvgIpc) is 3.15. The highest BCUT2D eigenvalue weighted by molar-refractivity contribution is 8.00. The van der Waals surface area contributed by atoms with Gasteiger partial charge in [0.05, 0.1) is 0 Å². The summed E-state index contributed by atoms with van der Waals surface area (Å²) in [6.07, 6.45) is 0.716. The van der Waals surface area contributed by atoms with Crippen LogP contribution in [0.1, 0.15) is 31.7 Å². The summed E-state index contributed by atoms with van der Waals surface area (Å²) in [7, 11) is 0. The molecule has 0 aliphatic carbocycles. The predicted molar refractivity (Wildman–Crippen MR) is 107 cm³/mol. The van der Waals surface area contributed by atoms with E-state index >= 15 is 0 Å². The Labute approximate surface area is 175 Å². The van der Waals surface area contributed by atoms with Crippen LogP contribution in [0.2, 0.25) is 0 Å². The largest absolute Gasteiger partial charge is 0.477 e. The predicted octanol–water partition coefficient (Wildman–Crippen LogP) is 1.68. The van der Waals surface area contributed by atoms with Gasteiger partial charge in [-0.15, -0.1) is 23.1 Å². The molecule has 1 fully saturated rings. The van der Waals surface area contributed by atoms with Gasteiger partial charge < -0.3 is 20.5 Å². The van der Waals surface area contributed by atoms with Gasteiger partial charge in [0.2, 0.25) is 5.91 Å². The number of nitrogens with zero attached hydrogens (tertiary/aromatic N) is 1. The van der Waals surface area contributed by atoms with E-state index in [0.29, 0.717) is 10.6 Å². The molecule has 156 valence electrons. The van der Waals surface area contributed by atoms with E-state index in [4.69, 9.17) is 4.74 Å². The molecule has 3 rings (SSSR count). The third kappa shape index (κ3) is 4.56. The number of amides is 3. The average molecular weight is 440 g/mol. The number of carbonyl (C=O) groups excluding carboxylic acids is 3. The first-order valence-electron chi connectivity index (χ1n) is 8.80. The third-order valence-electron chi connectivity index (χ3n) is 4.11. The van der Waals surface area contributed by atoms with Crippen LogP contribution in [-0.4, -0.2) is 56.7 Å². The number of hydrogen-bond acceptors (Lipinski definition) is 7. The first-order valence-corrected chi connectivity index (χ1v) is 10.7. The molecule has 1 unspecified atom stereocenters. The van der Waals surface area contributed by atoms with Crippen LogP contribution in [0.4, 0.5) is 4.79 Å². The molecule has 0 saturated carbocycles. The van der Waals surface area contributed by atoms with Gasteiger partial charge in [0, 0.05) is 10.6 Å². The molecular formula is C18H21N3O6S2. The van der Waals surface area contributed by atoms with Gasteiger partial charge in [0.25, 0.3) is 5.91 Å². The Hall–Kier alpha value is -2.53. The van der Waals surface area contributed by atoms with Crippen LogP contribution < -0.4 is 10.6 Å². The smallest absolute Gasteiger partial charge is 0.408 e. The Balaban J connectivity index is 1.71. The number of nitrogens with one attached hydrogen (secondary N) is 2. The number of thioether (sulfide) groups is 1. The fourth-order valence-corrected chi connectivity index (χ4v) is 4.89. The lowest BCUT2D eigenvalue weighted by molar-refractivity contribution is -0.150. The number of rotatable bonds is 5. The van der Waals surface area contributed by atoms with E-state index in [1.807, 2.05) is 0 Å². The quantitative estimate of drug-likeness (QED) is 0.596. The standard InChI is InChI=1S/C18H21N3O6S2/c1-18(2,3)27-17(26)20-11(10-5-4-7-28-10)13(22)19-12-14(23)21-9(16(24)25)6-8-29-15(12)21/h4-7,11-12,15H,8H2,1-3H3,(H,19,22)(H,20,26)(H,24,25)/t11?,12-,15+/m1/s1. The fourth-order valence-electron chi connectivity index (χ4n) is 2.92. The van der Waals surface area contributed by atoms with Gasteiger partial charge in [0.1, 0.15) is 28.8 Å². The third-order valence-corrected chi connectivity index (χ3v) is 6.23. The molecule has 1 saturated heterocycles. The number of alkyl carbamates (subject to hydrolysis) is 1. The summed E-state index contributed by atoms with van der Waals surface area (Å²) in [5.74, 6) is -1.82. The highest BCUT2D eigenvalue weighted by Crippen LogP contribution is 2.37. The number of aliphatic carboxylic acids is 1. The van der Waals surface area contributed by atoms with Gasteiger partial charge >= 0.3 is 12.1 Å². The lowest BCUT2D eigenvalue weighted by Crippen LogP contribution is -2.70. The minimum Gasteiger partial charge on any atom is -0.477 e. The molecular weight excluding hydrogens is 418 g/mol. The second-order valence-corrected chi connectivity index (χ2v) is 9.54. The maximum Gasteiger partial charge on any atom is 0.408 e. The van der Waals surface area contributed by atoms with Crippen molar-refractivity contribution < 1.29 is 29.0 Å². The van der Waals surface area contributed by atoms with Crippen LogP contribution in [-0.2, 0) is 19.1 Å². The maximum absolute atomic E-state index is 12.9.